The van der Waals surface area contributed by atoms with E-state index in [0.717, 1.165) is 60.7 Å². The lowest BCUT2D eigenvalue weighted by molar-refractivity contribution is -0.125. The van der Waals surface area contributed by atoms with Gasteiger partial charge in [0.05, 0.1) is 12.8 Å². The van der Waals surface area contributed by atoms with Crippen LogP contribution in [0.25, 0.3) is 11.3 Å². The summed E-state index contributed by atoms with van der Waals surface area (Å²) in [5.41, 5.74) is 3.04. The molecule has 1 saturated heterocycles. The topological polar surface area (TPSA) is 67.3 Å². The SMILES string of the molecule is COc1ccccc1CCNC(=O)C1CCN(c2ccc(-c3ccccc3)nn2)CC1. The molecular weight excluding hydrogens is 388 g/mol. The van der Waals surface area contributed by atoms with Gasteiger partial charge in [0.15, 0.2) is 5.82 Å². The molecule has 1 aliphatic heterocycles. The Balaban J connectivity index is 1.25. The van der Waals surface area contributed by atoms with Gasteiger partial charge in [0.25, 0.3) is 0 Å². The molecule has 2 heterocycles. The normalized spacial score (nSPS) is 14.3. The number of benzene rings is 2. The van der Waals surface area contributed by atoms with Gasteiger partial charge in [-0.2, -0.15) is 0 Å². The van der Waals surface area contributed by atoms with E-state index in [0.29, 0.717) is 6.54 Å². The average molecular weight is 417 g/mol. The fourth-order valence-electron chi connectivity index (χ4n) is 4.00. The highest BCUT2D eigenvalue weighted by Gasteiger charge is 2.25. The number of anilines is 1. The number of amides is 1. The summed E-state index contributed by atoms with van der Waals surface area (Å²) < 4.78 is 5.38. The largest absolute Gasteiger partial charge is 0.496 e. The fraction of sp³-hybridized carbons (Fsp3) is 0.320. The first-order chi connectivity index (χ1) is 15.2. The number of methoxy groups -OCH3 is 1. The lowest BCUT2D eigenvalue weighted by Crippen LogP contribution is -2.41. The Hall–Kier alpha value is -3.41. The van der Waals surface area contributed by atoms with Crippen molar-refractivity contribution < 1.29 is 9.53 Å². The van der Waals surface area contributed by atoms with Crippen molar-refractivity contribution in [1.82, 2.24) is 15.5 Å². The van der Waals surface area contributed by atoms with Gasteiger partial charge in [0, 0.05) is 31.1 Å². The monoisotopic (exact) mass is 416 g/mol. The van der Waals surface area contributed by atoms with Crippen molar-refractivity contribution >= 4 is 11.7 Å². The number of para-hydroxylation sites is 1. The number of piperidine rings is 1. The highest BCUT2D eigenvalue weighted by molar-refractivity contribution is 5.79. The van der Waals surface area contributed by atoms with Gasteiger partial charge in [-0.1, -0.05) is 48.5 Å². The van der Waals surface area contributed by atoms with Crippen molar-refractivity contribution in [3.63, 3.8) is 0 Å². The zero-order valence-corrected chi connectivity index (χ0v) is 17.8. The van der Waals surface area contributed by atoms with Gasteiger partial charge in [-0.3, -0.25) is 4.79 Å². The Morgan fingerprint density at radius 3 is 2.45 bits per heavy atom. The van der Waals surface area contributed by atoms with Crippen LogP contribution in [0.3, 0.4) is 0 Å². The van der Waals surface area contributed by atoms with Crippen LogP contribution in [-0.2, 0) is 11.2 Å². The second kappa shape index (κ2) is 10.1. The smallest absolute Gasteiger partial charge is 0.223 e. The number of hydrogen-bond acceptors (Lipinski definition) is 5. The first-order valence-electron chi connectivity index (χ1n) is 10.8. The minimum absolute atomic E-state index is 0.0467. The van der Waals surface area contributed by atoms with Crippen molar-refractivity contribution in [2.75, 3.05) is 31.6 Å². The van der Waals surface area contributed by atoms with E-state index in [4.69, 9.17) is 4.74 Å². The highest BCUT2D eigenvalue weighted by Crippen LogP contribution is 2.24. The number of nitrogens with one attached hydrogen (secondary N) is 1. The van der Waals surface area contributed by atoms with E-state index in [1.807, 2.05) is 66.7 Å². The maximum Gasteiger partial charge on any atom is 0.223 e. The molecule has 1 amide bonds. The molecule has 0 atom stereocenters. The number of carbonyl (C=O) groups excluding carboxylic acids is 1. The van der Waals surface area contributed by atoms with Crippen molar-refractivity contribution in [3.8, 4) is 17.0 Å². The van der Waals surface area contributed by atoms with Crippen LogP contribution in [0.2, 0.25) is 0 Å². The van der Waals surface area contributed by atoms with E-state index in [1.165, 1.54) is 0 Å². The maximum atomic E-state index is 12.6. The van der Waals surface area contributed by atoms with Crippen LogP contribution in [0.15, 0.2) is 66.7 Å². The Labute approximate surface area is 183 Å². The van der Waals surface area contributed by atoms with Crippen LogP contribution >= 0.6 is 0 Å². The molecule has 0 saturated carbocycles. The lowest BCUT2D eigenvalue weighted by atomic mass is 9.96. The number of nitrogens with zero attached hydrogens (tertiary/aromatic N) is 3. The van der Waals surface area contributed by atoms with Crippen molar-refractivity contribution in [2.45, 2.75) is 19.3 Å². The van der Waals surface area contributed by atoms with E-state index in [-0.39, 0.29) is 11.8 Å². The van der Waals surface area contributed by atoms with Crippen LogP contribution in [0, 0.1) is 5.92 Å². The van der Waals surface area contributed by atoms with Crippen LogP contribution in [-0.4, -0.2) is 42.8 Å². The number of rotatable bonds is 7. The molecule has 0 spiro atoms. The molecule has 0 radical (unpaired) electrons. The Bertz CT molecular complexity index is 984. The van der Waals surface area contributed by atoms with Crippen molar-refractivity contribution in [3.05, 3.63) is 72.3 Å². The summed E-state index contributed by atoms with van der Waals surface area (Å²) in [6.07, 6.45) is 2.41. The molecule has 31 heavy (non-hydrogen) atoms. The molecule has 1 fully saturated rings. The van der Waals surface area contributed by atoms with Crippen LogP contribution < -0.4 is 15.0 Å². The van der Waals surface area contributed by atoms with E-state index in [9.17, 15) is 4.79 Å². The summed E-state index contributed by atoms with van der Waals surface area (Å²) in [6, 6.07) is 22.0. The zero-order valence-electron chi connectivity index (χ0n) is 17.8. The molecular formula is C25H28N4O2. The summed E-state index contributed by atoms with van der Waals surface area (Å²) in [4.78, 5) is 14.8. The molecule has 6 nitrogen and oxygen atoms in total. The Morgan fingerprint density at radius 1 is 1.00 bits per heavy atom. The quantitative estimate of drug-likeness (QED) is 0.636. The van der Waals surface area contributed by atoms with Crippen LogP contribution in [0.4, 0.5) is 5.82 Å². The summed E-state index contributed by atoms with van der Waals surface area (Å²) in [7, 11) is 1.67. The molecule has 1 N–H and O–H groups in total. The molecule has 160 valence electrons. The molecule has 2 aromatic carbocycles. The predicted molar refractivity (Wildman–Crippen MR) is 122 cm³/mol. The third-order valence-electron chi connectivity index (χ3n) is 5.80. The standard InChI is InChI=1S/C25H28N4O2/c1-31-23-10-6-5-9-20(23)13-16-26-25(30)21-14-17-29(18-15-21)24-12-11-22(27-28-24)19-7-3-2-4-8-19/h2-12,21H,13-18H2,1H3,(H,26,30). The van der Waals surface area contributed by atoms with Gasteiger partial charge in [-0.15, -0.1) is 10.2 Å². The number of ether oxygens (including phenoxy) is 1. The molecule has 0 aliphatic carbocycles. The number of aromatic nitrogens is 2. The van der Waals surface area contributed by atoms with E-state index < -0.39 is 0 Å². The molecule has 3 aromatic rings. The van der Waals surface area contributed by atoms with Gasteiger partial charge < -0.3 is 15.0 Å². The number of carbonyl (C=O) groups is 1. The maximum absolute atomic E-state index is 12.6. The minimum Gasteiger partial charge on any atom is -0.496 e. The van der Waals surface area contributed by atoms with Crippen molar-refractivity contribution in [2.24, 2.45) is 5.92 Å². The molecule has 1 aliphatic rings. The third kappa shape index (κ3) is 5.20. The number of hydrogen-bond donors (Lipinski definition) is 1. The summed E-state index contributed by atoms with van der Waals surface area (Å²) in [5.74, 6) is 1.92. The van der Waals surface area contributed by atoms with Gasteiger partial charge in [-0.05, 0) is 43.0 Å². The second-order valence-electron chi connectivity index (χ2n) is 7.76. The zero-order chi connectivity index (χ0) is 21.5. The van der Waals surface area contributed by atoms with Crippen molar-refractivity contribution in [1.29, 1.82) is 0 Å². The van der Waals surface area contributed by atoms with Crippen LogP contribution in [0.1, 0.15) is 18.4 Å². The average Bonchev–Trinajstić information content (AvgIpc) is 2.85. The van der Waals surface area contributed by atoms with E-state index in [1.54, 1.807) is 7.11 Å². The Kier molecular flexibility index (Phi) is 6.77. The first-order valence-corrected chi connectivity index (χ1v) is 10.8. The predicted octanol–water partition coefficient (Wildman–Crippen LogP) is 3.73. The third-order valence-corrected chi connectivity index (χ3v) is 5.80. The molecule has 6 heteroatoms. The lowest BCUT2D eigenvalue weighted by Gasteiger charge is -2.31. The summed E-state index contributed by atoms with van der Waals surface area (Å²) in [5, 5.41) is 11.9. The van der Waals surface area contributed by atoms with Gasteiger partial charge >= 0.3 is 0 Å². The molecule has 0 unspecified atom stereocenters. The second-order valence-corrected chi connectivity index (χ2v) is 7.76. The summed E-state index contributed by atoms with van der Waals surface area (Å²) in [6.45, 7) is 2.24. The minimum atomic E-state index is 0.0467. The Morgan fingerprint density at radius 2 is 1.74 bits per heavy atom. The van der Waals surface area contributed by atoms with Gasteiger partial charge in [0.1, 0.15) is 5.75 Å². The molecule has 4 rings (SSSR count). The van der Waals surface area contributed by atoms with Gasteiger partial charge in [-0.25, -0.2) is 0 Å². The summed E-state index contributed by atoms with van der Waals surface area (Å²) >= 11 is 0. The van der Waals surface area contributed by atoms with E-state index in [2.05, 4.69) is 20.4 Å². The fourth-order valence-corrected chi connectivity index (χ4v) is 4.00. The first kappa shape index (κ1) is 20.8. The molecule has 1 aromatic heterocycles. The highest BCUT2D eigenvalue weighted by atomic mass is 16.5. The van der Waals surface area contributed by atoms with E-state index >= 15 is 0 Å². The molecule has 0 bridgehead atoms. The van der Waals surface area contributed by atoms with Gasteiger partial charge in [0.2, 0.25) is 5.91 Å². The van der Waals surface area contributed by atoms with Crippen LogP contribution in [0.5, 0.6) is 5.75 Å².